The van der Waals surface area contributed by atoms with Crippen molar-refractivity contribution in [1.82, 2.24) is 20.5 Å². The summed E-state index contributed by atoms with van der Waals surface area (Å²) in [5.74, 6) is 0.806. The van der Waals surface area contributed by atoms with Crippen LogP contribution in [0.3, 0.4) is 0 Å². The fraction of sp³-hybridized carbons (Fsp3) is 0.500. The Balaban J connectivity index is 1.47. The summed E-state index contributed by atoms with van der Waals surface area (Å²) >= 11 is 0. The number of aromatic nitrogens is 3. The number of H-pyrrole nitrogens is 1. The van der Waals surface area contributed by atoms with E-state index in [1.54, 1.807) is 6.20 Å². The Morgan fingerprint density at radius 1 is 1.44 bits per heavy atom. The van der Waals surface area contributed by atoms with E-state index in [-0.39, 0.29) is 12.5 Å². The molecular formula is C18H25N5O2. The van der Waals surface area contributed by atoms with Crippen molar-refractivity contribution in [3.63, 3.8) is 0 Å². The average Bonchev–Trinajstić information content (AvgIpc) is 3.16. The van der Waals surface area contributed by atoms with E-state index in [0.717, 1.165) is 29.3 Å². The summed E-state index contributed by atoms with van der Waals surface area (Å²) in [5.41, 5.74) is 2.13. The monoisotopic (exact) mass is 343 g/mol. The minimum Gasteiger partial charge on any atom is -0.386 e. The number of nitrogens with one attached hydrogen (secondary N) is 2. The van der Waals surface area contributed by atoms with Gasteiger partial charge >= 0.3 is 0 Å². The topological polar surface area (TPSA) is 94.1 Å². The van der Waals surface area contributed by atoms with E-state index in [4.69, 9.17) is 0 Å². The Hall–Kier alpha value is -2.41. The Morgan fingerprint density at radius 3 is 2.96 bits per heavy atom. The summed E-state index contributed by atoms with van der Waals surface area (Å²) in [6, 6.07) is 5.73. The maximum Gasteiger partial charge on any atom is 0.220 e. The number of carbonyl (C=O) groups is 1. The van der Waals surface area contributed by atoms with Gasteiger partial charge in [-0.25, -0.2) is 4.98 Å². The highest BCUT2D eigenvalue weighted by molar-refractivity contribution is 5.76. The molecule has 3 heterocycles. The molecule has 0 aromatic carbocycles. The van der Waals surface area contributed by atoms with Gasteiger partial charge in [-0.2, -0.15) is 5.10 Å². The van der Waals surface area contributed by atoms with Gasteiger partial charge in [0.25, 0.3) is 0 Å². The molecule has 0 saturated carbocycles. The molecule has 1 atom stereocenters. The van der Waals surface area contributed by atoms with Crippen LogP contribution >= 0.6 is 0 Å². The minimum atomic E-state index is -0.908. The summed E-state index contributed by atoms with van der Waals surface area (Å²) in [4.78, 5) is 18.5. The predicted molar refractivity (Wildman–Crippen MR) is 95.4 cm³/mol. The number of carbonyl (C=O) groups excluding carboxylic acids is 1. The third kappa shape index (κ3) is 4.17. The predicted octanol–water partition coefficient (Wildman–Crippen LogP) is 1.11. The van der Waals surface area contributed by atoms with E-state index < -0.39 is 5.60 Å². The molecule has 1 amide bonds. The molecular weight excluding hydrogens is 318 g/mol. The number of amides is 1. The number of aromatic amines is 1. The van der Waals surface area contributed by atoms with Crippen molar-refractivity contribution in [2.75, 3.05) is 24.5 Å². The molecule has 0 spiro atoms. The molecule has 3 rings (SSSR count). The molecule has 7 nitrogen and oxygen atoms in total. The third-order valence-corrected chi connectivity index (χ3v) is 4.80. The van der Waals surface area contributed by atoms with Gasteiger partial charge in [-0.15, -0.1) is 0 Å². The van der Waals surface area contributed by atoms with Crippen LogP contribution in [0, 0.1) is 13.8 Å². The van der Waals surface area contributed by atoms with E-state index >= 15 is 0 Å². The van der Waals surface area contributed by atoms with Gasteiger partial charge < -0.3 is 15.3 Å². The summed E-state index contributed by atoms with van der Waals surface area (Å²) in [7, 11) is 0. The van der Waals surface area contributed by atoms with Crippen LogP contribution in [0.1, 0.15) is 29.8 Å². The number of hydrogen-bond acceptors (Lipinski definition) is 5. The fourth-order valence-electron chi connectivity index (χ4n) is 3.27. The van der Waals surface area contributed by atoms with Crippen LogP contribution in [0.4, 0.5) is 5.82 Å². The largest absolute Gasteiger partial charge is 0.386 e. The van der Waals surface area contributed by atoms with Gasteiger partial charge in [0, 0.05) is 37.9 Å². The number of aryl methyl sites for hydroxylation is 2. The zero-order valence-corrected chi connectivity index (χ0v) is 14.7. The summed E-state index contributed by atoms with van der Waals surface area (Å²) in [6.45, 7) is 5.37. The summed E-state index contributed by atoms with van der Waals surface area (Å²) < 4.78 is 0. The third-order valence-electron chi connectivity index (χ3n) is 4.80. The van der Waals surface area contributed by atoms with Gasteiger partial charge in [-0.1, -0.05) is 6.07 Å². The lowest BCUT2D eigenvalue weighted by atomic mass is 10.0. The lowest BCUT2D eigenvalue weighted by molar-refractivity contribution is -0.122. The van der Waals surface area contributed by atoms with Crippen molar-refractivity contribution in [2.45, 2.75) is 38.7 Å². The number of hydrogen-bond donors (Lipinski definition) is 3. The van der Waals surface area contributed by atoms with E-state index in [1.165, 1.54) is 0 Å². The molecule has 25 heavy (non-hydrogen) atoms. The maximum absolute atomic E-state index is 12.1. The van der Waals surface area contributed by atoms with Crippen LogP contribution in [-0.4, -0.2) is 51.4 Å². The molecule has 2 aromatic heterocycles. The van der Waals surface area contributed by atoms with Crippen molar-refractivity contribution in [3.05, 3.63) is 41.3 Å². The standard InChI is InChI=1S/C18H25N5O2/c1-13-15(14(2)22-21-13)6-7-17(24)20-11-18(25)8-10-23(12-18)16-5-3-4-9-19-16/h3-5,9,25H,6-8,10-12H2,1-2H3,(H,20,24)(H,21,22)/t18-/m0/s1. The first-order valence-electron chi connectivity index (χ1n) is 8.62. The molecule has 7 heteroatoms. The van der Waals surface area contributed by atoms with Gasteiger partial charge in [-0.3, -0.25) is 9.89 Å². The maximum atomic E-state index is 12.1. The van der Waals surface area contributed by atoms with Crippen molar-refractivity contribution in [1.29, 1.82) is 0 Å². The van der Waals surface area contributed by atoms with E-state index in [1.807, 2.05) is 36.9 Å². The molecule has 0 unspecified atom stereocenters. The molecule has 1 saturated heterocycles. The Labute approximate surface area is 147 Å². The summed E-state index contributed by atoms with van der Waals surface area (Å²) in [6.07, 6.45) is 3.40. The molecule has 2 aromatic rings. The number of pyridine rings is 1. The van der Waals surface area contributed by atoms with Crippen LogP contribution in [0.25, 0.3) is 0 Å². The average molecular weight is 343 g/mol. The van der Waals surface area contributed by atoms with Crippen molar-refractivity contribution >= 4 is 11.7 Å². The van der Waals surface area contributed by atoms with Gasteiger partial charge in [0.1, 0.15) is 11.4 Å². The Bertz CT molecular complexity index is 711. The number of rotatable bonds is 6. The number of aliphatic hydroxyl groups is 1. The molecule has 1 fully saturated rings. The number of nitrogens with zero attached hydrogens (tertiary/aromatic N) is 3. The molecule has 1 aliphatic rings. The zero-order valence-electron chi connectivity index (χ0n) is 14.7. The summed E-state index contributed by atoms with van der Waals surface area (Å²) in [5, 5.41) is 20.7. The minimum absolute atomic E-state index is 0.0512. The highest BCUT2D eigenvalue weighted by Crippen LogP contribution is 2.24. The smallest absolute Gasteiger partial charge is 0.220 e. The van der Waals surface area contributed by atoms with Gasteiger partial charge in [-0.05, 0) is 44.4 Å². The van der Waals surface area contributed by atoms with Crippen molar-refractivity contribution in [3.8, 4) is 0 Å². The quantitative estimate of drug-likeness (QED) is 0.730. The Kier molecular flexibility index (Phi) is 5.03. The lowest BCUT2D eigenvalue weighted by Crippen LogP contribution is -2.45. The highest BCUT2D eigenvalue weighted by Gasteiger charge is 2.36. The van der Waals surface area contributed by atoms with Gasteiger partial charge in [0.15, 0.2) is 0 Å². The molecule has 134 valence electrons. The fourth-order valence-corrected chi connectivity index (χ4v) is 3.27. The second-order valence-corrected chi connectivity index (χ2v) is 6.77. The molecule has 1 aliphatic heterocycles. The highest BCUT2D eigenvalue weighted by atomic mass is 16.3. The van der Waals surface area contributed by atoms with E-state index in [2.05, 4.69) is 20.5 Å². The first-order valence-corrected chi connectivity index (χ1v) is 8.62. The SMILES string of the molecule is Cc1n[nH]c(C)c1CCC(=O)NC[C@@]1(O)CCN(c2ccccn2)C1. The normalized spacial score (nSPS) is 20.0. The van der Waals surface area contributed by atoms with Crippen LogP contribution in [0.5, 0.6) is 0 Å². The van der Waals surface area contributed by atoms with Gasteiger partial charge in [0.05, 0.1) is 5.69 Å². The number of anilines is 1. The zero-order chi connectivity index (χ0) is 17.9. The van der Waals surface area contributed by atoms with E-state index in [9.17, 15) is 9.90 Å². The van der Waals surface area contributed by atoms with Crippen LogP contribution in [0.15, 0.2) is 24.4 Å². The number of β-amino-alcohol motifs (C(OH)–C–C–N with tert-alkyl or cyclic N) is 1. The van der Waals surface area contributed by atoms with Gasteiger partial charge in [0.2, 0.25) is 5.91 Å². The first kappa shape index (κ1) is 17.4. The lowest BCUT2D eigenvalue weighted by Gasteiger charge is -2.24. The molecule has 0 bridgehead atoms. The Morgan fingerprint density at radius 2 is 2.28 bits per heavy atom. The molecule has 3 N–H and O–H groups in total. The van der Waals surface area contributed by atoms with Crippen LogP contribution < -0.4 is 10.2 Å². The van der Waals surface area contributed by atoms with Crippen molar-refractivity contribution in [2.24, 2.45) is 0 Å². The van der Waals surface area contributed by atoms with Crippen molar-refractivity contribution < 1.29 is 9.90 Å². The van der Waals surface area contributed by atoms with Crippen LogP contribution in [-0.2, 0) is 11.2 Å². The van der Waals surface area contributed by atoms with E-state index in [0.29, 0.717) is 25.8 Å². The first-order chi connectivity index (χ1) is 12.0. The van der Waals surface area contributed by atoms with Crippen LogP contribution in [0.2, 0.25) is 0 Å². The molecule has 0 aliphatic carbocycles. The second kappa shape index (κ2) is 7.23. The molecule has 0 radical (unpaired) electrons. The second-order valence-electron chi connectivity index (χ2n) is 6.77.